The van der Waals surface area contributed by atoms with Crippen molar-refractivity contribution in [2.45, 2.75) is 6.04 Å². The Morgan fingerprint density at radius 3 is 3.00 bits per heavy atom. The van der Waals surface area contributed by atoms with Crippen molar-refractivity contribution < 1.29 is 9.52 Å². The maximum Gasteiger partial charge on any atom is 0.417 e. The molecule has 1 aromatic carbocycles. The molecule has 0 saturated heterocycles. The number of aromatic amines is 1. The van der Waals surface area contributed by atoms with Crippen molar-refractivity contribution in [2.24, 2.45) is 5.73 Å². The Labute approximate surface area is 89.5 Å². The van der Waals surface area contributed by atoms with Crippen LogP contribution in [0, 0.1) is 0 Å². The summed E-state index contributed by atoms with van der Waals surface area (Å²) < 4.78 is 4.85. The summed E-state index contributed by atoms with van der Waals surface area (Å²) in [6.45, 7) is -0.198. The molecule has 1 atom stereocenters. The highest BCUT2D eigenvalue weighted by Crippen LogP contribution is 2.25. The smallest absolute Gasteiger partial charge is 0.408 e. The summed E-state index contributed by atoms with van der Waals surface area (Å²) in [7, 11) is 0. The molecule has 6 heteroatoms. The molecule has 0 aliphatic heterocycles. The van der Waals surface area contributed by atoms with Crippen molar-refractivity contribution in [2.75, 3.05) is 6.61 Å². The van der Waals surface area contributed by atoms with E-state index in [0.29, 0.717) is 21.7 Å². The van der Waals surface area contributed by atoms with Crippen molar-refractivity contribution in [3.63, 3.8) is 0 Å². The number of halogens is 1. The number of aliphatic hydroxyl groups excluding tert-OH is 1. The maximum atomic E-state index is 10.9. The third-order valence-electron chi connectivity index (χ3n) is 2.13. The standard InChI is InChI=1S/C9H9ClN2O3/c10-5-1-4(6(11)3-13)2-7-8(5)12-9(14)15-7/h1-2,6,13H,3,11H2,(H,12,14). The predicted molar refractivity (Wildman–Crippen MR) is 55.9 cm³/mol. The second kappa shape index (κ2) is 3.69. The van der Waals surface area contributed by atoms with Gasteiger partial charge < -0.3 is 15.3 Å². The summed E-state index contributed by atoms with van der Waals surface area (Å²) in [6.07, 6.45) is 0. The van der Waals surface area contributed by atoms with Crippen molar-refractivity contribution in [1.29, 1.82) is 0 Å². The number of hydrogen-bond donors (Lipinski definition) is 3. The van der Waals surface area contributed by atoms with Gasteiger partial charge in [0.2, 0.25) is 0 Å². The summed E-state index contributed by atoms with van der Waals surface area (Å²) in [5, 5.41) is 9.23. The van der Waals surface area contributed by atoms with E-state index in [1.807, 2.05) is 0 Å². The van der Waals surface area contributed by atoms with Gasteiger partial charge in [0.1, 0.15) is 5.52 Å². The van der Waals surface area contributed by atoms with Crippen molar-refractivity contribution in [3.05, 3.63) is 33.3 Å². The van der Waals surface area contributed by atoms with E-state index in [1.165, 1.54) is 0 Å². The minimum absolute atomic E-state index is 0.198. The number of nitrogens with two attached hydrogens (primary N) is 1. The van der Waals surface area contributed by atoms with Crippen molar-refractivity contribution in [1.82, 2.24) is 4.98 Å². The summed E-state index contributed by atoms with van der Waals surface area (Å²) in [5.41, 5.74) is 7.02. The Bertz CT molecular complexity index is 546. The minimum atomic E-state index is -0.568. The average Bonchev–Trinajstić information content (AvgIpc) is 2.58. The fourth-order valence-corrected chi connectivity index (χ4v) is 1.62. The highest BCUT2D eigenvalue weighted by molar-refractivity contribution is 6.34. The highest BCUT2D eigenvalue weighted by Gasteiger charge is 2.11. The summed E-state index contributed by atoms with van der Waals surface area (Å²) in [4.78, 5) is 13.4. The number of hydrogen-bond acceptors (Lipinski definition) is 4. The van der Waals surface area contributed by atoms with E-state index in [-0.39, 0.29) is 6.61 Å². The van der Waals surface area contributed by atoms with Crippen LogP contribution in [0.5, 0.6) is 0 Å². The molecule has 0 bridgehead atoms. The Balaban J connectivity index is 2.66. The molecule has 0 aliphatic carbocycles. The molecule has 1 unspecified atom stereocenters. The minimum Gasteiger partial charge on any atom is -0.408 e. The van der Waals surface area contributed by atoms with Crippen molar-refractivity contribution in [3.8, 4) is 0 Å². The second-order valence-electron chi connectivity index (χ2n) is 3.18. The number of fused-ring (bicyclic) bond motifs is 1. The van der Waals surface area contributed by atoms with Gasteiger partial charge in [0.15, 0.2) is 5.58 Å². The lowest BCUT2D eigenvalue weighted by Gasteiger charge is -2.08. The molecular weight excluding hydrogens is 220 g/mol. The van der Waals surface area contributed by atoms with Crippen LogP contribution in [-0.4, -0.2) is 16.7 Å². The lowest BCUT2D eigenvalue weighted by molar-refractivity contribution is 0.268. The van der Waals surface area contributed by atoms with Crippen LogP contribution >= 0.6 is 11.6 Å². The summed E-state index contributed by atoms with van der Waals surface area (Å²) in [6, 6.07) is 2.64. The van der Waals surface area contributed by atoms with Crippen LogP contribution in [0.25, 0.3) is 11.1 Å². The van der Waals surface area contributed by atoms with E-state index in [0.717, 1.165) is 0 Å². The van der Waals surface area contributed by atoms with Crippen LogP contribution in [0.15, 0.2) is 21.3 Å². The van der Waals surface area contributed by atoms with Gasteiger partial charge in [-0.25, -0.2) is 4.79 Å². The molecule has 0 radical (unpaired) electrons. The molecular formula is C9H9ClN2O3. The third kappa shape index (κ3) is 1.77. The average molecular weight is 229 g/mol. The number of oxazole rings is 1. The maximum absolute atomic E-state index is 10.9. The van der Waals surface area contributed by atoms with Crippen molar-refractivity contribution >= 4 is 22.7 Å². The first-order chi connectivity index (χ1) is 7.11. The van der Waals surface area contributed by atoms with Gasteiger partial charge in [-0.05, 0) is 17.7 Å². The molecule has 1 heterocycles. The largest absolute Gasteiger partial charge is 0.417 e. The fourth-order valence-electron chi connectivity index (χ4n) is 1.35. The zero-order valence-electron chi connectivity index (χ0n) is 7.66. The third-order valence-corrected chi connectivity index (χ3v) is 2.43. The van der Waals surface area contributed by atoms with Crippen LogP contribution in [0.1, 0.15) is 11.6 Å². The number of rotatable bonds is 2. The first-order valence-electron chi connectivity index (χ1n) is 4.30. The number of aromatic nitrogens is 1. The van der Waals surface area contributed by atoms with E-state index in [4.69, 9.17) is 26.9 Å². The number of nitrogens with one attached hydrogen (secondary N) is 1. The van der Waals surface area contributed by atoms with Crippen LogP contribution in [0.3, 0.4) is 0 Å². The van der Waals surface area contributed by atoms with Gasteiger partial charge in [-0.15, -0.1) is 0 Å². The lowest BCUT2D eigenvalue weighted by atomic mass is 10.1. The van der Waals surface area contributed by atoms with E-state index < -0.39 is 11.8 Å². The Kier molecular flexibility index (Phi) is 2.52. The number of H-pyrrole nitrogens is 1. The molecule has 0 saturated carbocycles. The molecule has 0 amide bonds. The Morgan fingerprint density at radius 1 is 1.60 bits per heavy atom. The molecule has 0 aliphatic rings. The molecule has 0 spiro atoms. The number of aliphatic hydroxyl groups is 1. The van der Waals surface area contributed by atoms with Gasteiger partial charge in [-0.3, -0.25) is 4.98 Å². The molecule has 2 rings (SSSR count). The zero-order chi connectivity index (χ0) is 11.0. The first-order valence-corrected chi connectivity index (χ1v) is 4.68. The second-order valence-corrected chi connectivity index (χ2v) is 3.59. The van der Waals surface area contributed by atoms with Gasteiger partial charge in [0.25, 0.3) is 0 Å². The monoisotopic (exact) mass is 228 g/mol. The molecule has 2 aromatic rings. The molecule has 1 aromatic heterocycles. The van der Waals surface area contributed by atoms with Crippen LogP contribution < -0.4 is 11.5 Å². The van der Waals surface area contributed by atoms with E-state index in [2.05, 4.69) is 4.98 Å². The van der Waals surface area contributed by atoms with Gasteiger partial charge in [-0.2, -0.15) is 0 Å². The Morgan fingerprint density at radius 2 is 2.33 bits per heavy atom. The zero-order valence-corrected chi connectivity index (χ0v) is 8.41. The van der Waals surface area contributed by atoms with Crippen LogP contribution in [0.4, 0.5) is 0 Å². The summed E-state index contributed by atoms with van der Waals surface area (Å²) >= 11 is 5.91. The van der Waals surface area contributed by atoms with Gasteiger partial charge in [0.05, 0.1) is 17.7 Å². The number of benzene rings is 1. The highest BCUT2D eigenvalue weighted by atomic mass is 35.5. The van der Waals surface area contributed by atoms with Crippen LogP contribution in [-0.2, 0) is 0 Å². The normalized spacial score (nSPS) is 13.3. The Hall–Kier alpha value is -1.30. The quantitative estimate of drug-likeness (QED) is 0.708. The molecule has 15 heavy (non-hydrogen) atoms. The topological polar surface area (TPSA) is 92.2 Å². The van der Waals surface area contributed by atoms with E-state index >= 15 is 0 Å². The SMILES string of the molecule is NC(CO)c1cc(Cl)c2[nH]c(=O)oc2c1. The van der Waals surface area contributed by atoms with Crippen LogP contribution in [0.2, 0.25) is 5.02 Å². The first kappa shape index (κ1) is 10.2. The predicted octanol–water partition coefficient (Wildman–Crippen LogP) is 0.767. The summed E-state index contributed by atoms with van der Waals surface area (Å²) in [5.74, 6) is -0.568. The fraction of sp³-hybridized carbons (Fsp3) is 0.222. The molecule has 80 valence electrons. The van der Waals surface area contributed by atoms with Gasteiger partial charge in [-0.1, -0.05) is 11.6 Å². The van der Waals surface area contributed by atoms with E-state index in [9.17, 15) is 4.79 Å². The van der Waals surface area contributed by atoms with Gasteiger partial charge in [0, 0.05) is 0 Å². The molecule has 5 nitrogen and oxygen atoms in total. The molecule has 0 fully saturated rings. The van der Waals surface area contributed by atoms with Gasteiger partial charge >= 0.3 is 5.76 Å². The molecule has 4 N–H and O–H groups in total. The lowest BCUT2D eigenvalue weighted by Crippen LogP contribution is -2.14. The van der Waals surface area contributed by atoms with E-state index in [1.54, 1.807) is 12.1 Å².